The van der Waals surface area contributed by atoms with Crippen molar-refractivity contribution in [3.05, 3.63) is 0 Å². The zero-order chi connectivity index (χ0) is 20.7. The minimum absolute atomic E-state index is 0. The molecule has 1 aliphatic rings. The number of aliphatic hydroxyl groups is 5. The third kappa shape index (κ3) is 65.4. The van der Waals surface area contributed by atoms with E-state index in [1.54, 1.807) is 0 Å². The smallest absolute Gasteiger partial charge is 0.870 e. The minimum atomic E-state index is -0.954. The van der Waals surface area contributed by atoms with Gasteiger partial charge in [0.1, 0.15) is 6.10 Å². The first kappa shape index (κ1) is 54.3. The van der Waals surface area contributed by atoms with Crippen molar-refractivity contribution in [3.63, 3.8) is 0 Å². The van der Waals surface area contributed by atoms with Crippen molar-refractivity contribution in [1.29, 1.82) is 0 Å². The van der Waals surface area contributed by atoms with Gasteiger partial charge < -0.3 is 35.7 Å². The van der Waals surface area contributed by atoms with Crippen LogP contribution in [0.3, 0.4) is 0 Å². The van der Waals surface area contributed by atoms with Crippen LogP contribution >= 0.6 is 119 Å². The molecule has 182 valence electrons. The molecular formula is C13H31Cl5I3NaO7. The van der Waals surface area contributed by atoms with E-state index in [1.165, 1.54) is 0 Å². The summed E-state index contributed by atoms with van der Waals surface area (Å²) < 4.78 is 4.73. The molecule has 0 aromatic rings. The maximum Gasteiger partial charge on any atom is 1.00 e. The minimum Gasteiger partial charge on any atom is -0.870 e. The van der Waals surface area contributed by atoms with Crippen LogP contribution in [0.1, 0.15) is 7.43 Å². The monoisotopic (exact) mass is 878 g/mol. The fourth-order valence-electron chi connectivity index (χ4n) is 0.305. The number of rotatable bonds is 7. The number of aliphatic hydroxyl groups excluding tert-OH is 5. The zero-order valence-corrected chi connectivity index (χ0v) is 27.5. The normalized spacial score (nSPS) is 13.2. The van der Waals surface area contributed by atoms with Crippen LogP contribution in [0.25, 0.3) is 0 Å². The Hall–Kier alpha value is 4.36. The number of ether oxygens (including phenoxy) is 1. The van der Waals surface area contributed by atoms with E-state index < -0.39 is 12.2 Å². The molecule has 1 fully saturated rings. The van der Waals surface area contributed by atoms with Gasteiger partial charge in [-0.15, -0.1) is 82.0 Å². The van der Waals surface area contributed by atoms with E-state index in [0.29, 0.717) is 17.9 Å². The quantitative estimate of drug-likeness (QED) is 0.108. The molecule has 1 rings (SSSR count). The predicted octanol–water partition coefficient (Wildman–Crippen LogP) is 0.458. The van der Waals surface area contributed by atoms with E-state index >= 15 is 0 Å². The summed E-state index contributed by atoms with van der Waals surface area (Å²) in [6.45, 7) is 0.113. The van der Waals surface area contributed by atoms with E-state index in [4.69, 9.17) is 88.3 Å². The van der Waals surface area contributed by atoms with Crippen molar-refractivity contribution in [2.24, 2.45) is 0 Å². The van der Waals surface area contributed by atoms with Gasteiger partial charge in [0.15, 0.2) is 0 Å². The van der Waals surface area contributed by atoms with Crippen molar-refractivity contribution in [2.75, 3.05) is 49.9 Å². The summed E-state index contributed by atoms with van der Waals surface area (Å²) in [5.41, 5.74) is 0. The molecule has 7 nitrogen and oxygen atoms in total. The summed E-state index contributed by atoms with van der Waals surface area (Å²) >= 11 is 30.2. The fraction of sp³-hybridized carbons (Fsp3) is 1.00. The van der Waals surface area contributed by atoms with Gasteiger partial charge in [0.2, 0.25) is 0 Å². The van der Waals surface area contributed by atoms with Gasteiger partial charge in [-0.2, -0.15) is 0 Å². The van der Waals surface area contributed by atoms with Crippen LogP contribution in [0.4, 0.5) is 0 Å². The average Bonchev–Trinajstić information content (AvgIpc) is 3.53. The van der Waals surface area contributed by atoms with Gasteiger partial charge in [-0.3, -0.25) is 0 Å². The Balaban J connectivity index is -0.0000000314. The van der Waals surface area contributed by atoms with Crippen molar-refractivity contribution < 1.29 is 65.3 Å². The Kier molecular flexibility index (Phi) is 92.7. The fourth-order valence-corrected chi connectivity index (χ4v) is 0.911. The standard InChI is InChI=1S/2C3H6Cl2O.C3H5ClO.C3H8O3.CH4.I2.HI.Na.H2O/c4-1-3(5)2-6;4-1-3(6)2-5;4-1-3-2-5-3;4-1-3(6)2-5;;1-2;;;/h2*3,6H,1-2H2;3H,1-2H2;3-6H,1-2H2;1H4;;1H;;1H2/q;;;;;;;+1;/p-1. The second-order valence-corrected chi connectivity index (χ2v) is 5.88. The molecule has 0 bridgehead atoms. The van der Waals surface area contributed by atoms with Gasteiger partial charge >= 0.3 is 29.6 Å². The van der Waals surface area contributed by atoms with Crippen LogP contribution < -0.4 is 29.6 Å². The number of alkyl halides is 5. The van der Waals surface area contributed by atoms with Crippen LogP contribution in [-0.4, -0.2) is 105 Å². The average molecular weight is 880 g/mol. The number of hydrogen-bond acceptors (Lipinski definition) is 7. The molecule has 0 spiro atoms. The van der Waals surface area contributed by atoms with Gasteiger partial charge in [-0.1, -0.05) is 7.43 Å². The van der Waals surface area contributed by atoms with Crippen LogP contribution in [0.15, 0.2) is 0 Å². The van der Waals surface area contributed by atoms with Crippen molar-refractivity contribution in [2.45, 2.75) is 31.1 Å². The number of hydrogen-bond donors (Lipinski definition) is 5. The number of epoxide rings is 1. The van der Waals surface area contributed by atoms with E-state index in [2.05, 4.69) is 37.2 Å². The topological polar surface area (TPSA) is 144 Å². The van der Waals surface area contributed by atoms with Gasteiger partial charge in [-0.25, -0.2) is 0 Å². The summed E-state index contributed by atoms with van der Waals surface area (Å²) in [6, 6.07) is 0. The van der Waals surface area contributed by atoms with Crippen LogP contribution in [-0.2, 0) is 4.74 Å². The Morgan fingerprint density at radius 1 is 0.862 bits per heavy atom. The zero-order valence-electron chi connectivity index (χ0n) is 15.1. The van der Waals surface area contributed by atoms with E-state index in [9.17, 15) is 0 Å². The van der Waals surface area contributed by atoms with E-state index in [-0.39, 0.29) is 103 Å². The second kappa shape index (κ2) is 49.5. The molecule has 2 unspecified atom stereocenters. The summed E-state index contributed by atoms with van der Waals surface area (Å²) in [4.78, 5) is 0. The maximum absolute atomic E-state index is 8.40. The van der Waals surface area contributed by atoms with E-state index in [1.807, 2.05) is 0 Å². The van der Waals surface area contributed by atoms with Crippen LogP contribution in [0.5, 0.6) is 0 Å². The molecular weight excluding hydrogens is 849 g/mol. The summed E-state index contributed by atoms with van der Waals surface area (Å²) in [6.07, 6.45) is -1.09. The molecule has 1 aliphatic heterocycles. The van der Waals surface area contributed by atoms with Crippen molar-refractivity contribution in [1.82, 2.24) is 0 Å². The molecule has 1 heterocycles. The Labute approximate surface area is 261 Å². The first-order valence-electron chi connectivity index (χ1n) is 6.69. The van der Waals surface area contributed by atoms with Crippen LogP contribution in [0.2, 0.25) is 0 Å². The molecule has 6 N–H and O–H groups in total. The molecule has 0 aromatic heterocycles. The molecule has 2 atom stereocenters. The van der Waals surface area contributed by atoms with E-state index in [0.717, 1.165) is 6.61 Å². The molecule has 0 radical (unpaired) electrons. The first-order chi connectivity index (χ1) is 11.9. The molecule has 0 amide bonds. The molecule has 0 saturated carbocycles. The van der Waals surface area contributed by atoms with Gasteiger partial charge in [0, 0.05) is 54.9 Å². The van der Waals surface area contributed by atoms with Crippen molar-refractivity contribution in [3.8, 4) is 0 Å². The second-order valence-electron chi connectivity index (χ2n) is 4.03. The molecule has 0 aromatic carbocycles. The predicted molar refractivity (Wildman–Crippen MR) is 148 cm³/mol. The SMILES string of the molecule is C.ClCC1CO1.I.II.OC(CCl)CCl.OCC(Cl)CCl.OCC(O)CO.[Na+].[OH-]. The Morgan fingerprint density at radius 2 is 1.21 bits per heavy atom. The number of halogens is 8. The van der Waals surface area contributed by atoms with Gasteiger partial charge in [0.25, 0.3) is 0 Å². The summed E-state index contributed by atoms with van der Waals surface area (Å²) in [5.74, 6) is 1.44. The summed E-state index contributed by atoms with van der Waals surface area (Å²) in [5, 5.41) is 40.3. The first-order valence-corrected chi connectivity index (χ1v) is 15.5. The van der Waals surface area contributed by atoms with Crippen molar-refractivity contribution >= 4 is 119 Å². The van der Waals surface area contributed by atoms with Gasteiger partial charge in [0.05, 0.1) is 49.9 Å². The maximum atomic E-state index is 8.40. The molecule has 0 aliphatic carbocycles. The Morgan fingerprint density at radius 3 is 1.21 bits per heavy atom. The third-order valence-corrected chi connectivity index (χ3v) is 3.60. The molecule has 1 saturated heterocycles. The third-order valence-electron chi connectivity index (χ3n) is 1.72. The van der Waals surface area contributed by atoms with Gasteiger partial charge in [-0.05, 0) is 0 Å². The Bertz CT molecular complexity index is 201. The molecule has 29 heavy (non-hydrogen) atoms. The largest absolute Gasteiger partial charge is 1.00 e. The summed E-state index contributed by atoms with van der Waals surface area (Å²) in [7, 11) is 0. The van der Waals surface area contributed by atoms with Crippen LogP contribution in [0, 0.1) is 0 Å². The molecule has 16 heteroatoms.